The van der Waals surface area contributed by atoms with Gasteiger partial charge in [0, 0.05) is 65.3 Å². The van der Waals surface area contributed by atoms with Crippen LogP contribution >= 0.6 is 11.6 Å². The van der Waals surface area contributed by atoms with E-state index in [2.05, 4.69) is 34.3 Å². The molecule has 0 amide bonds. The zero-order chi connectivity index (χ0) is 25.2. The number of para-hydroxylation sites is 1. The van der Waals surface area contributed by atoms with Gasteiger partial charge in [0.05, 0.1) is 11.4 Å². The molecule has 36 heavy (non-hydrogen) atoms. The van der Waals surface area contributed by atoms with Crippen LogP contribution in [0.2, 0.25) is 5.02 Å². The van der Waals surface area contributed by atoms with Gasteiger partial charge in [-0.1, -0.05) is 23.7 Å². The van der Waals surface area contributed by atoms with E-state index in [1.54, 1.807) is 18.2 Å². The number of nitrogens with zero attached hydrogens (tertiary/aromatic N) is 2. The lowest BCUT2D eigenvalue weighted by Gasteiger charge is -2.34. The van der Waals surface area contributed by atoms with Crippen LogP contribution in [-0.4, -0.2) is 44.4 Å². The molecule has 1 unspecified atom stereocenters. The van der Waals surface area contributed by atoms with Crippen LogP contribution in [0.25, 0.3) is 22.3 Å². The lowest BCUT2D eigenvalue weighted by atomic mass is 10.0. The van der Waals surface area contributed by atoms with Crippen molar-refractivity contribution in [2.24, 2.45) is 0 Å². The van der Waals surface area contributed by atoms with Gasteiger partial charge in [0.2, 0.25) is 0 Å². The van der Waals surface area contributed by atoms with Gasteiger partial charge in [0.25, 0.3) is 0 Å². The molecule has 0 saturated carbocycles. The first-order valence-corrected chi connectivity index (χ1v) is 12.4. The Hall–Kier alpha value is -3.61. The van der Waals surface area contributed by atoms with Crippen molar-refractivity contribution in [3.8, 4) is 11.3 Å². The van der Waals surface area contributed by atoms with Gasteiger partial charge in [-0.25, -0.2) is 0 Å². The van der Waals surface area contributed by atoms with Gasteiger partial charge >= 0.3 is 0 Å². The van der Waals surface area contributed by atoms with Gasteiger partial charge in [0.1, 0.15) is 11.3 Å². The van der Waals surface area contributed by atoms with Crippen molar-refractivity contribution < 1.29 is 9.21 Å². The van der Waals surface area contributed by atoms with Gasteiger partial charge in [-0.05, 0) is 62.5 Å². The average molecular weight is 502 g/mol. The predicted octanol–water partition coefficient (Wildman–Crippen LogP) is 5.85. The highest BCUT2D eigenvalue weighted by Crippen LogP contribution is 2.33. The number of fused-ring (bicyclic) bond motifs is 1. The minimum atomic E-state index is -0.273. The summed E-state index contributed by atoms with van der Waals surface area (Å²) < 4.78 is 6.34. The van der Waals surface area contributed by atoms with Crippen LogP contribution in [0.15, 0.2) is 75.9 Å². The minimum Gasteiger partial charge on any atom is -0.455 e. The summed E-state index contributed by atoms with van der Waals surface area (Å²) in [5, 5.41) is 4.24. The lowest BCUT2D eigenvalue weighted by Crippen LogP contribution is -2.44. The average Bonchev–Trinajstić information content (AvgIpc) is 2.89. The summed E-state index contributed by atoms with van der Waals surface area (Å²) in [5.41, 5.74) is 4.32. The highest BCUT2D eigenvalue weighted by atomic mass is 35.5. The Balaban J connectivity index is 1.50. The van der Waals surface area contributed by atoms with E-state index in [9.17, 15) is 9.59 Å². The fourth-order valence-electron chi connectivity index (χ4n) is 4.66. The Bertz CT molecular complexity index is 1460. The molecule has 6 nitrogen and oxygen atoms in total. The predicted molar refractivity (Wildman–Crippen MR) is 147 cm³/mol. The number of hydrogen-bond acceptors (Lipinski definition) is 6. The summed E-state index contributed by atoms with van der Waals surface area (Å²) in [4.78, 5) is 29.3. The highest BCUT2D eigenvalue weighted by molar-refractivity contribution is 6.31. The largest absolute Gasteiger partial charge is 0.455 e. The van der Waals surface area contributed by atoms with E-state index in [0.29, 0.717) is 33.0 Å². The molecule has 0 bridgehead atoms. The van der Waals surface area contributed by atoms with Crippen molar-refractivity contribution in [1.82, 2.24) is 4.90 Å². The molecule has 2 heterocycles. The monoisotopic (exact) mass is 501 g/mol. The Morgan fingerprint density at radius 2 is 1.72 bits per heavy atom. The second kappa shape index (κ2) is 10.2. The van der Waals surface area contributed by atoms with Crippen LogP contribution in [0.1, 0.15) is 28.9 Å². The maximum atomic E-state index is 13.1. The van der Waals surface area contributed by atoms with E-state index in [4.69, 9.17) is 16.0 Å². The van der Waals surface area contributed by atoms with Crippen LogP contribution < -0.4 is 15.6 Å². The Labute approximate surface area is 215 Å². The molecule has 5 rings (SSSR count). The molecule has 184 valence electrons. The summed E-state index contributed by atoms with van der Waals surface area (Å²) in [5.74, 6) is 0.501. The summed E-state index contributed by atoms with van der Waals surface area (Å²) in [7, 11) is 2.14. The number of carbonyl (C=O) groups is 1. The van der Waals surface area contributed by atoms with Gasteiger partial charge in [0.15, 0.2) is 11.7 Å². The third kappa shape index (κ3) is 4.87. The van der Waals surface area contributed by atoms with Gasteiger partial charge < -0.3 is 19.5 Å². The number of halogens is 1. The second-order valence-electron chi connectivity index (χ2n) is 9.25. The molecule has 0 spiro atoms. The molecule has 1 saturated heterocycles. The summed E-state index contributed by atoms with van der Waals surface area (Å²) in [6.07, 6.45) is 0.815. The lowest BCUT2D eigenvalue weighted by molar-refractivity contribution is 0.112. The molecule has 7 heteroatoms. The molecular formula is C29H28ClN3O3. The molecule has 0 radical (unpaired) electrons. The van der Waals surface area contributed by atoms with Crippen molar-refractivity contribution in [2.75, 3.05) is 43.4 Å². The van der Waals surface area contributed by atoms with E-state index >= 15 is 0 Å². The SMILES string of the molecule is CC(Nc1ccccc1C=O)c1cc(Cl)cc2c(=O)cc(-c3ccc(N4CCN(C)CC4)cc3)oc12. The van der Waals surface area contributed by atoms with Crippen molar-refractivity contribution in [1.29, 1.82) is 0 Å². The maximum Gasteiger partial charge on any atom is 0.193 e. The van der Waals surface area contributed by atoms with E-state index in [1.807, 2.05) is 37.3 Å². The maximum absolute atomic E-state index is 13.1. The third-order valence-corrected chi connectivity index (χ3v) is 6.99. The van der Waals surface area contributed by atoms with Crippen molar-refractivity contribution in [3.05, 3.63) is 93.1 Å². The van der Waals surface area contributed by atoms with Crippen LogP contribution in [0.5, 0.6) is 0 Å². The number of likely N-dealkylation sites (N-methyl/N-ethyl adjacent to an activating group) is 1. The Kier molecular flexibility index (Phi) is 6.81. The van der Waals surface area contributed by atoms with Crippen LogP contribution in [0.4, 0.5) is 11.4 Å². The first-order valence-electron chi connectivity index (χ1n) is 12.0. The smallest absolute Gasteiger partial charge is 0.193 e. The molecule has 3 aromatic carbocycles. The van der Waals surface area contributed by atoms with Gasteiger partial charge in [-0.2, -0.15) is 0 Å². The Morgan fingerprint density at radius 3 is 2.44 bits per heavy atom. The summed E-state index contributed by atoms with van der Waals surface area (Å²) in [6, 6.07) is 20.1. The topological polar surface area (TPSA) is 65.8 Å². The van der Waals surface area contributed by atoms with Gasteiger partial charge in [-0.3, -0.25) is 9.59 Å². The van der Waals surface area contributed by atoms with Crippen molar-refractivity contribution >= 4 is 40.2 Å². The normalized spacial score (nSPS) is 15.1. The van der Waals surface area contributed by atoms with Crippen molar-refractivity contribution in [2.45, 2.75) is 13.0 Å². The first-order chi connectivity index (χ1) is 17.4. The third-order valence-electron chi connectivity index (χ3n) is 6.77. The van der Waals surface area contributed by atoms with Gasteiger partial charge in [-0.15, -0.1) is 0 Å². The van der Waals surface area contributed by atoms with Crippen LogP contribution in [0, 0.1) is 0 Å². The van der Waals surface area contributed by atoms with Crippen LogP contribution in [0.3, 0.4) is 0 Å². The number of carbonyl (C=O) groups excluding carboxylic acids is 1. The fraction of sp³-hybridized carbons (Fsp3) is 0.241. The van der Waals surface area contributed by atoms with E-state index < -0.39 is 0 Å². The summed E-state index contributed by atoms with van der Waals surface area (Å²) in [6.45, 7) is 6.00. The molecular weight excluding hydrogens is 474 g/mol. The summed E-state index contributed by atoms with van der Waals surface area (Å²) >= 11 is 6.39. The molecule has 1 fully saturated rings. The first kappa shape index (κ1) is 24.1. The molecule has 1 aliphatic rings. The zero-order valence-corrected chi connectivity index (χ0v) is 21.1. The fourth-order valence-corrected chi connectivity index (χ4v) is 4.88. The van der Waals surface area contributed by atoms with E-state index in [1.165, 1.54) is 6.07 Å². The van der Waals surface area contributed by atoms with E-state index in [-0.39, 0.29) is 11.5 Å². The number of nitrogens with one attached hydrogen (secondary N) is 1. The number of anilines is 2. The minimum absolute atomic E-state index is 0.154. The van der Waals surface area contributed by atoms with Crippen LogP contribution in [-0.2, 0) is 0 Å². The quantitative estimate of drug-likeness (QED) is 0.334. The van der Waals surface area contributed by atoms with Crippen molar-refractivity contribution in [3.63, 3.8) is 0 Å². The molecule has 1 aromatic heterocycles. The second-order valence-corrected chi connectivity index (χ2v) is 9.69. The molecule has 4 aromatic rings. The number of hydrogen-bond donors (Lipinski definition) is 1. The number of rotatable bonds is 6. The molecule has 0 aliphatic carbocycles. The molecule has 1 N–H and O–H groups in total. The highest BCUT2D eigenvalue weighted by Gasteiger charge is 2.18. The number of aldehydes is 1. The Morgan fingerprint density at radius 1 is 1.00 bits per heavy atom. The zero-order valence-electron chi connectivity index (χ0n) is 20.3. The standard InChI is InChI=1S/C29H28ClN3O3/c1-19(31-26-6-4-3-5-21(26)18-34)24-15-22(30)16-25-27(35)17-28(36-29(24)25)20-7-9-23(10-8-20)33-13-11-32(2)12-14-33/h3-10,15-19,31H,11-14H2,1-2H3. The number of benzene rings is 3. The van der Waals surface area contributed by atoms with E-state index in [0.717, 1.165) is 49.3 Å². The molecule has 1 atom stereocenters. The number of piperazine rings is 1. The molecule has 1 aliphatic heterocycles.